The van der Waals surface area contributed by atoms with Gasteiger partial charge in [0.25, 0.3) is 0 Å². The number of hydrogen-bond acceptors (Lipinski definition) is 4. The van der Waals surface area contributed by atoms with E-state index in [-0.39, 0.29) is 13.2 Å². The summed E-state index contributed by atoms with van der Waals surface area (Å²) in [6.07, 6.45) is 0. The van der Waals surface area contributed by atoms with Gasteiger partial charge in [0, 0.05) is 13.2 Å². The van der Waals surface area contributed by atoms with Gasteiger partial charge >= 0.3 is 0 Å². The lowest BCUT2D eigenvalue weighted by Crippen LogP contribution is -2.03. The minimum atomic E-state index is 0.0278. The predicted molar refractivity (Wildman–Crippen MR) is 58.4 cm³/mol. The Hall–Kier alpha value is -0.420. The summed E-state index contributed by atoms with van der Waals surface area (Å²) < 4.78 is 9.47. The molecule has 0 spiro atoms. The smallest absolute Gasteiger partial charge is 0.0698 e. The maximum atomic E-state index is 8.09. The van der Waals surface area contributed by atoms with Crippen LogP contribution >= 0.6 is 0 Å². The molecule has 0 bridgehead atoms. The normalized spacial score (nSPS) is 8.00. The first-order chi connectivity index (χ1) is 6.83. The third kappa shape index (κ3) is 41.6. The molecule has 2 N–H and O–H groups in total. The van der Waals surface area contributed by atoms with Gasteiger partial charge in [-0.15, -0.1) is 13.2 Å². The summed E-state index contributed by atoms with van der Waals surface area (Å²) in [7, 11) is 0. The Kier molecular flexibility index (Phi) is 40.3. The van der Waals surface area contributed by atoms with Crippen LogP contribution < -0.4 is 0 Å². The van der Waals surface area contributed by atoms with Gasteiger partial charge in [-0.1, -0.05) is 0 Å². The van der Waals surface area contributed by atoms with E-state index in [1.807, 2.05) is 13.8 Å². The van der Waals surface area contributed by atoms with Gasteiger partial charge in [-0.05, 0) is 13.8 Å². The monoisotopic (exact) mass is 208 g/mol. The van der Waals surface area contributed by atoms with Gasteiger partial charge in [-0.2, -0.15) is 0 Å². The van der Waals surface area contributed by atoms with Crippen LogP contribution in [0, 0.1) is 0 Å². The third-order valence-corrected chi connectivity index (χ3v) is 0.879. The molecule has 0 amide bonds. The van der Waals surface area contributed by atoms with Gasteiger partial charge < -0.3 is 19.7 Å². The minimum absolute atomic E-state index is 0.0278. The van der Waals surface area contributed by atoms with Gasteiger partial charge in [0.1, 0.15) is 0 Å². The fourth-order valence-electron chi connectivity index (χ4n) is 0.435. The minimum Gasteiger partial charge on any atom is -0.394 e. The lowest BCUT2D eigenvalue weighted by molar-refractivity contribution is 0.0650. The Bertz CT molecular complexity index is 63.1. The first-order valence-corrected chi connectivity index (χ1v) is 4.70. The molecule has 0 aromatic heterocycles. The Labute approximate surface area is 87.2 Å². The van der Waals surface area contributed by atoms with Crippen molar-refractivity contribution >= 4 is 0 Å². The molecule has 0 saturated heterocycles. The lowest BCUT2D eigenvalue weighted by atomic mass is 10.7. The van der Waals surface area contributed by atoms with Crippen LogP contribution in [-0.2, 0) is 9.47 Å². The summed E-state index contributed by atoms with van der Waals surface area (Å²) in [4.78, 5) is 0. The Morgan fingerprint density at radius 2 is 1.21 bits per heavy atom. The second-order valence-corrected chi connectivity index (χ2v) is 1.84. The zero-order valence-corrected chi connectivity index (χ0v) is 9.37. The van der Waals surface area contributed by atoms with E-state index in [1.165, 1.54) is 0 Å². The van der Waals surface area contributed by atoms with Crippen molar-refractivity contribution in [2.75, 3.05) is 39.6 Å². The van der Waals surface area contributed by atoms with E-state index in [1.54, 1.807) is 0 Å². The second-order valence-electron chi connectivity index (χ2n) is 1.84. The highest BCUT2D eigenvalue weighted by atomic mass is 16.5. The van der Waals surface area contributed by atoms with Gasteiger partial charge in [0.2, 0.25) is 0 Å². The van der Waals surface area contributed by atoms with E-state index in [9.17, 15) is 0 Å². The molecule has 0 radical (unpaired) electrons. The van der Waals surface area contributed by atoms with Crippen LogP contribution in [0.1, 0.15) is 13.8 Å². The molecule has 4 nitrogen and oxygen atoms in total. The molecule has 0 rings (SSSR count). The summed E-state index contributed by atoms with van der Waals surface area (Å²) in [6, 6.07) is 0. The zero-order valence-electron chi connectivity index (χ0n) is 9.37. The van der Waals surface area contributed by atoms with Crippen molar-refractivity contribution < 1.29 is 19.7 Å². The van der Waals surface area contributed by atoms with Crippen LogP contribution in [-0.4, -0.2) is 49.9 Å². The Morgan fingerprint density at radius 1 is 0.857 bits per heavy atom. The van der Waals surface area contributed by atoms with E-state index in [4.69, 9.17) is 14.9 Å². The quantitative estimate of drug-likeness (QED) is 0.501. The Balaban J connectivity index is -0.000000152. The third-order valence-electron chi connectivity index (χ3n) is 0.879. The van der Waals surface area contributed by atoms with E-state index in [0.717, 1.165) is 13.2 Å². The standard InChI is InChI=1S/C4H10O3.C4H10O.C2H4/c5-1-3-7-4-2-6;1-3-5-4-2;1-2/h5-6H,1-4H2;3-4H2,1-2H3;1-2H2. The van der Waals surface area contributed by atoms with Crippen molar-refractivity contribution in [1.82, 2.24) is 0 Å². The summed E-state index contributed by atoms with van der Waals surface area (Å²) >= 11 is 0. The molecule has 88 valence electrons. The van der Waals surface area contributed by atoms with Crippen molar-refractivity contribution in [2.24, 2.45) is 0 Å². The molecular formula is C10H24O4. The zero-order chi connectivity index (χ0) is 11.7. The van der Waals surface area contributed by atoms with E-state index >= 15 is 0 Å². The fraction of sp³-hybridized carbons (Fsp3) is 0.800. The summed E-state index contributed by atoms with van der Waals surface area (Å²) in [6.45, 7) is 12.4. The van der Waals surface area contributed by atoms with Crippen molar-refractivity contribution in [3.63, 3.8) is 0 Å². The van der Waals surface area contributed by atoms with Gasteiger partial charge in [0.15, 0.2) is 0 Å². The first kappa shape index (κ1) is 19.2. The van der Waals surface area contributed by atoms with Crippen LogP contribution in [0.3, 0.4) is 0 Å². The molecule has 14 heavy (non-hydrogen) atoms. The van der Waals surface area contributed by atoms with Crippen LogP contribution in [0.15, 0.2) is 13.2 Å². The van der Waals surface area contributed by atoms with Gasteiger partial charge in [0.05, 0.1) is 26.4 Å². The first-order valence-electron chi connectivity index (χ1n) is 4.70. The molecule has 0 unspecified atom stereocenters. The molecule has 0 heterocycles. The fourth-order valence-corrected chi connectivity index (χ4v) is 0.435. The molecular weight excluding hydrogens is 184 g/mol. The molecule has 0 saturated carbocycles. The summed E-state index contributed by atoms with van der Waals surface area (Å²) in [5.74, 6) is 0. The molecule has 0 aliphatic heterocycles. The molecule has 0 aromatic carbocycles. The number of rotatable bonds is 6. The molecule has 4 heteroatoms. The number of hydrogen-bond donors (Lipinski definition) is 2. The van der Waals surface area contributed by atoms with Crippen molar-refractivity contribution in [3.05, 3.63) is 13.2 Å². The number of ether oxygens (including phenoxy) is 2. The topological polar surface area (TPSA) is 58.9 Å². The highest BCUT2D eigenvalue weighted by Crippen LogP contribution is 1.68. The molecule has 0 atom stereocenters. The van der Waals surface area contributed by atoms with Crippen molar-refractivity contribution in [3.8, 4) is 0 Å². The van der Waals surface area contributed by atoms with Gasteiger partial charge in [-0.3, -0.25) is 0 Å². The SMILES string of the molecule is C=C.CCOCC.OCCOCCO. The number of aliphatic hydroxyl groups is 2. The average Bonchev–Trinajstić information content (AvgIpc) is 2.24. The van der Waals surface area contributed by atoms with Crippen LogP contribution in [0.2, 0.25) is 0 Å². The highest BCUT2D eigenvalue weighted by molar-refractivity contribution is 4.24. The van der Waals surface area contributed by atoms with Crippen LogP contribution in [0.5, 0.6) is 0 Å². The molecule has 0 aromatic rings. The van der Waals surface area contributed by atoms with E-state index in [2.05, 4.69) is 17.9 Å². The maximum absolute atomic E-state index is 8.09. The van der Waals surface area contributed by atoms with Crippen LogP contribution in [0.4, 0.5) is 0 Å². The van der Waals surface area contributed by atoms with E-state index in [0.29, 0.717) is 13.2 Å². The van der Waals surface area contributed by atoms with Crippen LogP contribution in [0.25, 0.3) is 0 Å². The molecule has 0 fully saturated rings. The largest absolute Gasteiger partial charge is 0.394 e. The van der Waals surface area contributed by atoms with Crippen molar-refractivity contribution in [1.29, 1.82) is 0 Å². The molecule has 0 aliphatic rings. The predicted octanol–water partition coefficient (Wildman–Crippen LogP) is 0.833. The highest BCUT2D eigenvalue weighted by Gasteiger charge is 1.79. The number of aliphatic hydroxyl groups excluding tert-OH is 2. The van der Waals surface area contributed by atoms with Gasteiger partial charge in [-0.25, -0.2) is 0 Å². The lowest BCUT2D eigenvalue weighted by Gasteiger charge is -1.94. The second kappa shape index (κ2) is 29.4. The maximum Gasteiger partial charge on any atom is 0.0698 e. The molecule has 0 aliphatic carbocycles. The average molecular weight is 208 g/mol. The summed E-state index contributed by atoms with van der Waals surface area (Å²) in [5, 5.41) is 16.2. The summed E-state index contributed by atoms with van der Waals surface area (Å²) in [5.41, 5.74) is 0. The Morgan fingerprint density at radius 3 is 1.36 bits per heavy atom. The van der Waals surface area contributed by atoms with E-state index < -0.39 is 0 Å². The van der Waals surface area contributed by atoms with Crippen molar-refractivity contribution in [2.45, 2.75) is 13.8 Å².